The SMILES string of the molecule is COc1ccc2cc1Oc1cccc(OC)c1CNC(=O)[C@@H](C(C)C)NC(=O)CN(CCCC(C)C)CCCCNC2=O. The van der Waals surface area contributed by atoms with E-state index < -0.39 is 6.04 Å². The van der Waals surface area contributed by atoms with Gasteiger partial charge < -0.3 is 30.2 Å². The third kappa shape index (κ3) is 10.2. The van der Waals surface area contributed by atoms with Crippen LogP contribution in [0.2, 0.25) is 0 Å². The number of methoxy groups -OCH3 is 2. The molecule has 0 saturated carbocycles. The molecule has 3 N–H and O–H groups in total. The van der Waals surface area contributed by atoms with Crippen LogP contribution in [0, 0.1) is 11.8 Å². The Kier molecular flexibility index (Phi) is 13.1. The van der Waals surface area contributed by atoms with Crippen molar-refractivity contribution in [2.75, 3.05) is 40.4 Å². The van der Waals surface area contributed by atoms with E-state index in [1.54, 1.807) is 43.5 Å². The average Bonchev–Trinajstić information content (AvgIpc) is 2.97. The summed E-state index contributed by atoms with van der Waals surface area (Å²) < 4.78 is 17.4. The highest BCUT2D eigenvalue weighted by Crippen LogP contribution is 2.37. The second-order valence-corrected chi connectivity index (χ2v) is 11.7. The number of hydrogen-bond donors (Lipinski definition) is 3. The van der Waals surface area contributed by atoms with E-state index in [1.165, 1.54) is 7.11 Å². The quantitative estimate of drug-likeness (QED) is 0.430. The van der Waals surface area contributed by atoms with Gasteiger partial charge in [0.1, 0.15) is 17.5 Å². The fourth-order valence-electron chi connectivity index (χ4n) is 5.02. The molecule has 2 bridgehead atoms. The van der Waals surface area contributed by atoms with Crippen molar-refractivity contribution in [3.63, 3.8) is 0 Å². The third-order valence-electron chi connectivity index (χ3n) is 7.47. The molecule has 3 rings (SSSR count). The predicted molar refractivity (Wildman–Crippen MR) is 167 cm³/mol. The van der Waals surface area contributed by atoms with Crippen LogP contribution in [0.5, 0.6) is 23.0 Å². The van der Waals surface area contributed by atoms with Crippen LogP contribution in [-0.4, -0.2) is 69.1 Å². The Labute approximate surface area is 255 Å². The van der Waals surface area contributed by atoms with E-state index in [1.807, 2.05) is 13.8 Å². The topological polar surface area (TPSA) is 118 Å². The van der Waals surface area contributed by atoms with Gasteiger partial charge in [-0.2, -0.15) is 0 Å². The standard InChI is InChI=1S/C33H48N4O6/c1-22(2)11-10-18-37-17-8-7-16-34-32(39)24-14-15-28(42-6)29(19-24)43-27-13-9-12-26(41-5)25(27)20-35-33(40)31(23(3)4)36-30(38)21-37/h9,12-15,19,22-23,31H,7-8,10-11,16-18,20-21H2,1-6H3,(H,34,39)(H,35,40)(H,36,38)/t31-/m1/s1. The number of hydrogen-bond acceptors (Lipinski definition) is 7. The van der Waals surface area contributed by atoms with E-state index in [0.29, 0.717) is 46.6 Å². The number of fused-ring (bicyclic) bond motifs is 3. The van der Waals surface area contributed by atoms with Gasteiger partial charge in [-0.3, -0.25) is 19.3 Å². The van der Waals surface area contributed by atoms with Gasteiger partial charge in [-0.15, -0.1) is 0 Å². The van der Waals surface area contributed by atoms with Crippen LogP contribution in [0.4, 0.5) is 0 Å². The molecule has 43 heavy (non-hydrogen) atoms. The Morgan fingerprint density at radius 1 is 0.953 bits per heavy atom. The molecule has 236 valence electrons. The number of carbonyl (C=O) groups is 3. The molecule has 2 aromatic carbocycles. The molecular weight excluding hydrogens is 548 g/mol. The average molecular weight is 597 g/mol. The van der Waals surface area contributed by atoms with Crippen LogP contribution < -0.4 is 30.2 Å². The van der Waals surface area contributed by atoms with Crippen molar-refractivity contribution in [2.45, 2.75) is 66.0 Å². The maximum atomic E-state index is 13.4. The zero-order valence-corrected chi connectivity index (χ0v) is 26.5. The fourth-order valence-corrected chi connectivity index (χ4v) is 5.02. The highest BCUT2D eigenvalue weighted by molar-refractivity contribution is 5.95. The number of amides is 3. The summed E-state index contributed by atoms with van der Waals surface area (Å²) in [7, 11) is 3.08. The van der Waals surface area contributed by atoms with Crippen molar-refractivity contribution >= 4 is 17.7 Å². The minimum absolute atomic E-state index is 0.0983. The van der Waals surface area contributed by atoms with Crippen molar-refractivity contribution in [1.29, 1.82) is 0 Å². The largest absolute Gasteiger partial charge is 0.496 e. The van der Waals surface area contributed by atoms with E-state index in [4.69, 9.17) is 14.2 Å². The number of benzene rings is 2. The maximum absolute atomic E-state index is 13.4. The molecule has 10 heteroatoms. The van der Waals surface area contributed by atoms with Crippen LogP contribution in [-0.2, 0) is 16.1 Å². The lowest BCUT2D eigenvalue weighted by atomic mass is 10.0. The summed E-state index contributed by atoms with van der Waals surface area (Å²) in [4.78, 5) is 41.7. The van der Waals surface area contributed by atoms with Crippen LogP contribution in [0.3, 0.4) is 0 Å². The van der Waals surface area contributed by atoms with Gasteiger partial charge in [-0.05, 0) is 80.9 Å². The van der Waals surface area contributed by atoms with Crippen molar-refractivity contribution in [3.8, 4) is 23.0 Å². The smallest absolute Gasteiger partial charge is 0.251 e. The Hall–Kier alpha value is -3.79. The fraction of sp³-hybridized carbons (Fsp3) is 0.545. The molecule has 0 unspecified atom stereocenters. The molecule has 10 nitrogen and oxygen atoms in total. The predicted octanol–water partition coefficient (Wildman–Crippen LogP) is 4.51. The van der Waals surface area contributed by atoms with Crippen molar-refractivity contribution in [1.82, 2.24) is 20.9 Å². The Bertz CT molecular complexity index is 1230. The maximum Gasteiger partial charge on any atom is 0.251 e. The van der Waals surface area contributed by atoms with Gasteiger partial charge >= 0.3 is 0 Å². The summed E-state index contributed by atoms with van der Waals surface area (Å²) in [6.07, 6.45) is 3.64. The number of ether oxygens (including phenoxy) is 3. The molecule has 0 fully saturated rings. The number of nitrogens with zero attached hydrogens (tertiary/aromatic N) is 1. The van der Waals surface area contributed by atoms with Gasteiger partial charge in [0.2, 0.25) is 11.8 Å². The molecule has 1 atom stereocenters. The molecule has 2 aromatic rings. The normalized spacial score (nSPS) is 17.8. The van der Waals surface area contributed by atoms with E-state index in [-0.39, 0.29) is 36.7 Å². The van der Waals surface area contributed by atoms with E-state index in [2.05, 4.69) is 34.7 Å². The van der Waals surface area contributed by atoms with Gasteiger partial charge in [0.05, 0.1) is 32.9 Å². The second kappa shape index (κ2) is 16.7. The zero-order chi connectivity index (χ0) is 31.4. The van der Waals surface area contributed by atoms with Gasteiger partial charge in [-0.25, -0.2) is 0 Å². The lowest BCUT2D eigenvalue weighted by Gasteiger charge is -2.26. The van der Waals surface area contributed by atoms with Crippen LogP contribution in [0.1, 0.15) is 69.3 Å². The first kappa shape index (κ1) is 33.7. The Morgan fingerprint density at radius 3 is 2.42 bits per heavy atom. The third-order valence-corrected chi connectivity index (χ3v) is 7.47. The lowest BCUT2D eigenvalue weighted by Crippen LogP contribution is -2.52. The molecule has 0 radical (unpaired) electrons. The highest BCUT2D eigenvalue weighted by atomic mass is 16.5. The number of carbonyl (C=O) groups excluding carboxylic acids is 3. The van der Waals surface area contributed by atoms with Crippen molar-refractivity contribution < 1.29 is 28.6 Å². The van der Waals surface area contributed by atoms with Crippen LogP contribution in [0.25, 0.3) is 0 Å². The van der Waals surface area contributed by atoms with E-state index in [0.717, 1.165) is 38.8 Å². The molecule has 0 aliphatic carbocycles. The summed E-state index contributed by atoms with van der Waals surface area (Å²) in [5, 5.41) is 8.93. The van der Waals surface area contributed by atoms with Gasteiger partial charge in [0, 0.05) is 12.1 Å². The lowest BCUT2D eigenvalue weighted by molar-refractivity contribution is -0.130. The van der Waals surface area contributed by atoms with Gasteiger partial charge in [-0.1, -0.05) is 33.8 Å². The first-order chi connectivity index (χ1) is 20.6. The minimum Gasteiger partial charge on any atom is -0.496 e. The summed E-state index contributed by atoms with van der Waals surface area (Å²) in [5.74, 6) is 1.53. The number of rotatable bonds is 7. The zero-order valence-electron chi connectivity index (χ0n) is 26.5. The Morgan fingerprint density at radius 2 is 1.72 bits per heavy atom. The van der Waals surface area contributed by atoms with Crippen LogP contribution >= 0.6 is 0 Å². The molecular formula is C33H48N4O6. The van der Waals surface area contributed by atoms with Crippen molar-refractivity contribution in [3.05, 3.63) is 47.5 Å². The van der Waals surface area contributed by atoms with E-state index in [9.17, 15) is 14.4 Å². The molecule has 1 aliphatic rings. The molecule has 1 aliphatic heterocycles. The van der Waals surface area contributed by atoms with Gasteiger partial charge in [0.25, 0.3) is 5.91 Å². The molecule has 3 amide bonds. The summed E-state index contributed by atoms with van der Waals surface area (Å²) in [6, 6.07) is 9.66. The molecule has 1 heterocycles. The summed E-state index contributed by atoms with van der Waals surface area (Å²) in [6.45, 7) is 10.5. The summed E-state index contributed by atoms with van der Waals surface area (Å²) >= 11 is 0. The second-order valence-electron chi connectivity index (χ2n) is 11.7. The van der Waals surface area contributed by atoms with Crippen LogP contribution in [0.15, 0.2) is 36.4 Å². The molecule has 0 spiro atoms. The van der Waals surface area contributed by atoms with Crippen molar-refractivity contribution in [2.24, 2.45) is 11.8 Å². The first-order valence-electron chi connectivity index (χ1n) is 15.2. The Balaban J connectivity index is 1.93. The molecule has 0 aromatic heterocycles. The molecule has 0 saturated heterocycles. The minimum atomic E-state index is -0.707. The van der Waals surface area contributed by atoms with E-state index >= 15 is 0 Å². The first-order valence-corrected chi connectivity index (χ1v) is 15.2. The van der Waals surface area contributed by atoms with Gasteiger partial charge in [0.15, 0.2) is 11.5 Å². The number of nitrogens with one attached hydrogen (secondary N) is 3. The monoisotopic (exact) mass is 596 g/mol. The highest BCUT2D eigenvalue weighted by Gasteiger charge is 2.26. The summed E-state index contributed by atoms with van der Waals surface area (Å²) in [5.41, 5.74) is 1.05.